The lowest BCUT2D eigenvalue weighted by Crippen LogP contribution is -2.43. The summed E-state index contributed by atoms with van der Waals surface area (Å²) >= 11 is 0. The standard InChI is InChI=1S/C21H33N3O/c1-2-3-4-5-6-7-8-9-10-18-11-12-20-19(17-18)23-21(25-20)24-15-13-22-14-16-24/h11-12,17,22H,2-10,13-16H2,1H3. The van der Waals surface area contributed by atoms with Crippen LogP contribution in [0.25, 0.3) is 11.1 Å². The summed E-state index contributed by atoms with van der Waals surface area (Å²) in [6.07, 6.45) is 12.1. The molecule has 4 heteroatoms. The molecule has 0 unspecified atom stereocenters. The number of unbranched alkanes of at least 4 members (excludes halogenated alkanes) is 7. The second-order valence-corrected chi connectivity index (χ2v) is 7.26. The van der Waals surface area contributed by atoms with Gasteiger partial charge in [0.25, 0.3) is 6.01 Å². The molecule has 1 aliphatic rings. The molecule has 25 heavy (non-hydrogen) atoms. The predicted molar refractivity (Wildman–Crippen MR) is 105 cm³/mol. The van der Waals surface area contributed by atoms with Crippen molar-refractivity contribution >= 4 is 17.1 Å². The zero-order valence-corrected chi connectivity index (χ0v) is 15.7. The number of hydrogen-bond acceptors (Lipinski definition) is 4. The van der Waals surface area contributed by atoms with E-state index < -0.39 is 0 Å². The van der Waals surface area contributed by atoms with Gasteiger partial charge in [-0.3, -0.25) is 0 Å². The third kappa shape index (κ3) is 5.46. The number of aromatic nitrogens is 1. The molecule has 1 aromatic carbocycles. The molecule has 1 N–H and O–H groups in total. The highest BCUT2D eigenvalue weighted by molar-refractivity contribution is 5.75. The molecule has 0 amide bonds. The Balaban J connectivity index is 1.44. The maximum absolute atomic E-state index is 5.94. The van der Waals surface area contributed by atoms with E-state index in [1.54, 1.807) is 0 Å². The Labute approximate surface area is 152 Å². The van der Waals surface area contributed by atoms with Crippen molar-refractivity contribution in [3.8, 4) is 0 Å². The van der Waals surface area contributed by atoms with E-state index in [9.17, 15) is 0 Å². The van der Waals surface area contributed by atoms with Gasteiger partial charge in [0.2, 0.25) is 0 Å². The number of hydrogen-bond donors (Lipinski definition) is 1. The van der Waals surface area contributed by atoms with Gasteiger partial charge in [-0.2, -0.15) is 4.98 Å². The Bertz CT molecular complexity index is 631. The average molecular weight is 344 g/mol. The zero-order chi connectivity index (χ0) is 17.3. The van der Waals surface area contributed by atoms with Crippen molar-refractivity contribution in [1.29, 1.82) is 0 Å². The zero-order valence-electron chi connectivity index (χ0n) is 15.7. The summed E-state index contributed by atoms with van der Waals surface area (Å²) in [5, 5.41) is 3.36. The largest absolute Gasteiger partial charge is 0.423 e. The Kier molecular flexibility index (Phi) is 7.16. The maximum Gasteiger partial charge on any atom is 0.298 e. The summed E-state index contributed by atoms with van der Waals surface area (Å²) in [5.41, 5.74) is 3.30. The van der Waals surface area contributed by atoms with E-state index >= 15 is 0 Å². The molecule has 4 nitrogen and oxygen atoms in total. The van der Waals surface area contributed by atoms with Gasteiger partial charge >= 0.3 is 0 Å². The Morgan fingerprint density at radius 1 is 1.00 bits per heavy atom. The fraction of sp³-hybridized carbons (Fsp3) is 0.667. The molecular weight excluding hydrogens is 310 g/mol. The molecule has 2 aromatic rings. The normalized spacial score (nSPS) is 15.2. The van der Waals surface area contributed by atoms with Crippen LogP contribution in [0.2, 0.25) is 0 Å². The molecule has 0 saturated carbocycles. The highest BCUT2D eigenvalue weighted by Gasteiger charge is 2.16. The highest BCUT2D eigenvalue weighted by Crippen LogP contribution is 2.24. The molecular formula is C21H33N3O. The Morgan fingerprint density at radius 2 is 1.72 bits per heavy atom. The molecule has 1 aromatic heterocycles. The van der Waals surface area contributed by atoms with Crippen LogP contribution in [0, 0.1) is 0 Å². The van der Waals surface area contributed by atoms with Crippen molar-refractivity contribution in [2.24, 2.45) is 0 Å². The van der Waals surface area contributed by atoms with Crippen LogP contribution in [-0.4, -0.2) is 31.2 Å². The summed E-state index contributed by atoms with van der Waals surface area (Å²) in [4.78, 5) is 6.95. The number of anilines is 1. The van der Waals surface area contributed by atoms with E-state index in [4.69, 9.17) is 9.40 Å². The molecule has 3 rings (SSSR count). The van der Waals surface area contributed by atoms with Crippen molar-refractivity contribution in [2.45, 2.75) is 64.7 Å². The van der Waals surface area contributed by atoms with Gasteiger partial charge in [0, 0.05) is 26.2 Å². The van der Waals surface area contributed by atoms with E-state index in [0.29, 0.717) is 0 Å². The van der Waals surface area contributed by atoms with Crippen molar-refractivity contribution in [2.75, 3.05) is 31.1 Å². The van der Waals surface area contributed by atoms with Gasteiger partial charge in [0.15, 0.2) is 5.58 Å². The quantitative estimate of drug-likeness (QED) is 0.622. The van der Waals surface area contributed by atoms with Gasteiger partial charge in [-0.15, -0.1) is 0 Å². The minimum atomic E-state index is 0.778. The van der Waals surface area contributed by atoms with Gasteiger partial charge in [0.1, 0.15) is 5.52 Å². The van der Waals surface area contributed by atoms with Crippen molar-refractivity contribution < 1.29 is 4.42 Å². The minimum absolute atomic E-state index is 0.778. The fourth-order valence-electron chi connectivity index (χ4n) is 3.57. The van der Waals surface area contributed by atoms with Crippen LogP contribution in [0.4, 0.5) is 6.01 Å². The van der Waals surface area contributed by atoms with E-state index in [1.807, 2.05) is 0 Å². The Hall–Kier alpha value is -1.55. The van der Waals surface area contributed by atoms with E-state index in [2.05, 4.69) is 35.3 Å². The summed E-state index contributed by atoms with van der Waals surface area (Å²) < 4.78 is 5.94. The SMILES string of the molecule is CCCCCCCCCCc1ccc2oc(N3CCNCC3)nc2c1. The lowest BCUT2D eigenvalue weighted by atomic mass is 10.0. The minimum Gasteiger partial charge on any atom is -0.423 e. The van der Waals surface area contributed by atoms with Crippen LogP contribution in [0.1, 0.15) is 63.9 Å². The number of nitrogens with zero attached hydrogens (tertiary/aromatic N) is 2. The monoisotopic (exact) mass is 343 g/mol. The van der Waals surface area contributed by atoms with Crippen LogP contribution >= 0.6 is 0 Å². The first-order valence-corrected chi connectivity index (χ1v) is 10.2. The lowest BCUT2D eigenvalue weighted by Gasteiger charge is -2.25. The number of rotatable bonds is 10. The highest BCUT2D eigenvalue weighted by atomic mass is 16.4. The third-order valence-corrected chi connectivity index (χ3v) is 5.15. The van der Waals surface area contributed by atoms with Crippen LogP contribution in [-0.2, 0) is 6.42 Å². The van der Waals surface area contributed by atoms with Crippen LogP contribution < -0.4 is 10.2 Å². The number of aryl methyl sites for hydroxylation is 1. The second kappa shape index (κ2) is 9.81. The first-order valence-electron chi connectivity index (χ1n) is 10.2. The summed E-state index contributed by atoms with van der Waals surface area (Å²) in [6, 6.07) is 7.29. The van der Waals surface area contributed by atoms with Gasteiger partial charge in [-0.25, -0.2) is 0 Å². The van der Waals surface area contributed by atoms with Gasteiger partial charge in [-0.05, 0) is 30.5 Å². The molecule has 0 bridgehead atoms. The number of nitrogens with one attached hydrogen (secondary N) is 1. The van der Waals surface area contributed by atoms with Gasteiger partial charge < -0.3 is 14.6 Å². The first-order chi connectivity index (χ1) is 12.4. The molecule has 1 aliphatic heterocycles. The smallest absolute Gasteiger partial charge is 0.298 e. The third-order valence-electron chi connectivity index (χ3n) is 5.15. The first kappa shape index (κ1) is 18.2. The molecule has 138 valence electrons. The molecule has 2 heterocycles. The molecule has 0 atom stereocenters. The molecule has 0 radical (unpaired) electrons. The topological polar surface area (TPSA) is 41.3 Å². The van der Waals surface area contributed by atoms with E-state index in [0.717, 1.165) is 49.7 Å². The van der Waals surface area contributed by atoms with Crippen LogP contribution in [0.5, 0.6) is 0 Å². The van der Waals surface area contributed by atoms with Crippen LogP contribution in [0.15, 0.2) is 22.6 Å². The molecule has 1 saturated heterocycles. The fourth-order valence-corrected chi connectivity index (χ4v) is 3.57. The summed E-state index contributed by atoms with van der Waals surface area (Å²) in [7, 11) is 0. The summed E-state index contributed by atoms with van der Waals surface area (Å²) in [5.74, 6) is 0. The van der Waals surface area contributed by atoms with Crippen molar-refractivity contribution in [3.63, 3.8) is 0 Å². The number of fused-ring (bicyclic) bond motifs is 1. The maximum atomic E-state index is 5.94. The van der Waals surface area contributed by atoms with Crippen molar-refractivity contribution in [1.82, 2.24) is 10.3 Å². The van der Waals surface area contributed by atoms with E-state index in [-0.39, 0.29) is 0 Å². The molecule has 0 spiro atoms. The number of oxazole rings is 1. The summed E-state index contributed by atoms with van der Waals surface area (Å²) in [6.45, 7) is 6.22. The Morgan fingerprint density at radius 3 is 2.48 bits per heavy atom. The number of piperazine rings is 1. The van der Waals surface area contributed by atoms with Gasteiger partial charge in [-0.1, -0.05) is 57.9 Å². The van der Waals surface area contributed by atoms with Gasteiger partial charge in [0.05, 0.1) is 0 Å². The lowest BCUT2D eigenvalue weighted by molar-refractivity contribution is 0.517. The molecule has 1 fully saturated rings. The molecule has 0 aliphatic carbocycles. The van der Waals surface area contributed by atoms with Crippen LogP contribution in [0.3, 0.4) is 0 Å². The second-order valence-electron chi connectivity index (χ2n) is 7.26. The predicted octanol–water partition coefficient (Wildman–Crippen LogP) is 4.92. The van der Waals surface area contributed by atoms with Crippen molar-refractivity contribution in [3.05, 3.63) is 23.8 Å². The average Bonchev–Trinajstić information content (AvgIpc) is 3.08. The number of benzene rings is 1. The van der Waals surface area contributed by atoms with E-state index in [1.165, 1.54) is 56.9 Å².